The van der Waals surface area contributed by atoms with Gasteiger partial charge in [-0.2, -0.15) is 5.10 Å². The van der Waals surface area contributed by atoms with Crippen molar-refractivity contribution in [2.45, 2.75) is 19.6 Å². The molecule has 1 aliphatic rings. The molecule has 1 aromatic carbocycles. The Labute approximate surface area is 200 Å². The van der Waals surface area contributed by atoms with Gasteiger partial charge in [-0.3, -0.25) is 9.88 Å². The fourth-order valence-corrected chi connectivity index (χ4v) is 4.78. The SMILES string of the molecule is Clc1ccc(-c2nc3ccc(-c4ccccn4)cn3c2CN2CCn3ncnc3C2)c(Cl)c1. The highest BCUT2D eigenvalue weighted by Gasteiger charge is 2.23. The van der Waals surface area contributed by atoms with Gasteiger partial charge in [-0.05, 0) is 42.5 Å². The third-order valence-corrected chi connectivity index (χ3v) is 6.47. The highest BCUT2D eigenvalue weighted by molar-refractivity contribution is 6.36. The van der Waals surface area contributed by atoms with Gasteiger partial charge < -0.3 is 4.40 Å². The largest absolute Gasteiger partial charge is 0.301 e. The molecule has 5 heterocycles. The molecule has 0 N–H and O–H groups in total. The van der Waals surface area contributed by atoms with Crippen molar-refractivity contribution in [2.75, 3.05) is 6.54 Å². The lowest BCUT2D eigenvalue weighted by Gasteiger charge is -2.26. The number of rotatable bonds is 4. The number of hydrogen-bond donors (Lipinski definition) is 0. The van der Waals surface area contributed by atoms with Gasteiger partial charge in [0.1, 0.15) is 17.8 Å². The molecule has 1 aliphatic heterocycles. The van der Waals surface area contributed by atoms with Crippen LogP contribution in [0.4, 0.5) is 0 Å². The van der Waals surface area contributed by atoms with Crippen LogP contribution in [0.3, 0.4) is 0 Å². The number of aromatic nitrogens is 6. The molecule has 7 nitrogen and oxygen atoms in total. The molecule has 33 heavy (non-hydrogen) atoms. The van der Waals surface area contributed by atoms with E-state index >= 15 is 0 Å². The van der Waals surface area contributed by atoms with Gasteiger partial charge >= 0.3 is 0 Å². The summed E-state index contributed by atoms with van der Waals surface area (Å²) in [6, 6.07) is 15.5. The average molecular weight is 476 g/mol. The first-order valence-electron chi connectivity index (χ1n) is 10.6. The average Bonchev–Trinajstić information content (AvgIpc) is 3.44. The van der Waals surface area contributed by atoms with Crippen molar-refractivity contribution in [1.82, 2.24) is 34.0 Å². The monoisotopic (exact) mass is 475 g/mol. The molecule has 5 aromatic rings. The lowest BCUT2D eigenvalue weighted by atomic mass is 10.1. The summed E-state index contributed by atoms with van der Waals surface area (Å²) < 4.78 is 4.10. The zero-order valence-electron chi connectivity index (χ0n) is 17.6. The molecule has 0 fully saturated rings. The number of hydrogen-bond acceptors (Lipinski definition) is 5. The highest BCUT2D eigenvalue weighted by atomic mass is 35.5. The van der Waals surface area contributed by atoms with E-state index in [2.05, 4.69) is 30.6 Å². The maximum absolute atomic E-state index is 6.61. The fraction of sp³-hybridized carbons (Fsp3) is 0.167. The Kier molecular flexibility index (Phi) is 5.10. The van der Waals surface area contributed by atoms with Crippen LogP contribution in [0.25, 0.3) is 28.2 Å². The van der Waals surface area contributed by atoms with E-state index in [9.17, 15) is 0 Å². The van der Waals surface area contributed by atoms with E-state index in [1.807, 2.05) is 47.1 Å². The second-order valence-electron chi connectivity index (χ2n) is 8.00. The Hall–Kier alpha value is -3.26. The highest BCUT2D eigenvalue weighted by Crippen LogP contribution is 2.34. The molecule has 0 aliphatic carbocycles. The summed E-state index contributed by atoms with van der Waals surface area (Å²) in [5.41, 5.74) is 5.55. The van der Waals surface area contributed by atoms with Gasteiger partial charge in [-0.25, -0.2) is 14.6 Å². The van der Waals surface area contributed by atoms with Gasteiger partial charge in [-0.15, -0.1) is 0 Å². The summed E-state index contributed by atoms with van der Waals surface area (Å²) >= 11 is 12.8. The molecule has 6 rings (SSSR count). The van der Waals surface area contributed by atoms with Crippen molar-refractivity contribution in [1.29, 1.82) is 0 Å². The minimum Gasteiger partial charge on any atom is -0.301 e. The van der Waals surface area contributed by atoms with E-state index in [1.165, 1.54) is 0 Å². The van der Waals surface area contributed by atoms with Gasteiger partial charge in [0.2, 0.25) is 0 Å². The van der Waals surface area contributed by atoms with Gasteiger partial charge in [0.25, 0.3) is 0 Å². The number of imidazole rings is 1. The Bertz CT molecular complexity index is 1460. The first-order valence-corrected chi connectivity index (χ1v) is 11.4. The van der Waals surface area contributed by atoms with E-state index < -0.39 is 0 Å². The van der Waals surface area contributed by atoms with Gasteiger partial charge in [0, 0.05) is 41.6 Å². The maximum Gasteiger partial charge on any atom is 0.141 e. The predicted molar refractivity (Wildman–Crippen MR) is 128 cm³/mol. The van der Waals surface area contributed by atoms with Gasteiger partial charge in [0.15, 0.2) is 0 Å². The fourth-order valence-electron chi connectivity index (χ4n) is 4.29. The Morgan fingerprint density at radius 1 is 0.970 bits per heavy atom. The van der Waals surface area contributed by atoms with E-state index in [4.69, 9.17) is 28.2 Å². The molecule has 164 valence electrons. The zero-order valence-corrected chi connectivity index (χ0v) is 19.1. The van der Waals surface area contributed by atoms with Crippen LogP contribution in [0.1, 0.15) is 11.5 Å². The second-order valence-corrected chi connectivity index (χ2v) is 8.85. The van der Waals surface area contributed by atoms with Crippen LogP contribution in [0.15, 0.2) is 67.3 Å². The summed E-state index contributed by atoms with van der Waals surface area (Å²) in [6.45, 7) is 3.09. The van der Waals surface area contributed by atoms with Crippen LogP contribution in [-0.4, -0.2) is 40.6 Å². The van der Waals surface area contributed by atoms with Crippen LogP contribution in [-0.2, 0) is 19.6 Å². The normalized spacial score (nSPS) is 14.0. The summed E-state index contributed by atoms with van der Waals surface area (Å²) in [5, 5.41) is 5.47. The van der Waals surface area contributed by atoms with Crippen molar-refractivity contribution in [2.24, 2.45) is 0 Å². The van der Waals surface area contributed by atoms with Crippen molar-refractivity contribution in [3.05, 3.63) is 88.8 Å². The van der Waals surface area contributed by atoms with E-state index in [0.29, 0.717) is 16.6 Å². The van der Waals surface area contributed by atoms with E-state index in [-0.39, 0.29) is 0 Å². The number of pyridine rings is 2. The maximum atomic E-state index is 6.61. The molecule has 0 spiro atoms. The Morgan fingerprint density at radius 2 is 1.91 bits per heavy atom. The molecule has 4 aromatic heterocycles. The number of fused-ring (bicyclic) bond motifs is 2. The molecule has 0 atom stereocenters. The quantitative estimate of drug-likeness (QED) is 0.366. The van der Waals surface area contributed by atoms with Crippen LogP contribution in [0, 0.1) is 0 Å². The smallest absolute Gasteiger partial charge is 0.141 e. The number of benzene rings is 1. The van der Waals surface area contributed by atoms with E-state index in [0.717, 1.165) is 59.3 Å². The van der Waals surface area contributed by atoms with Crippen LogP contribution >= 0.6 is 23.2 Å². The summed E-state index contributed by atoms with van der Waals surface area (Å²) in [5.74, 6) is 0.968. The standard InChI is InChI=1S/C24H19Cl2N7/c25-17-5-6-18(19(26)11-17)24-21(13-31-9-10-33-23(14-31)28-15-29-33)32-12-16(4-7-22(32)30-24)20-3-1-2-8-27-20/h1-8,11-12,15H,9-10,13-14H2. The lowest BCUT2D eigenvalue weighted by Crippen LogP contribution is -2.34. The summed E-state index contributed by atoms with van der Waals surface area (Å²) in [7, 11) is 0. The van der Waals surface area contributed by atoms with E-state index in [1.54, 1.807) is 18.6 Å². The lowest BCUT2D eigenvalue weighted by molar-refractivity contribution is 0.199. The topological polar surface area (TPSA) is 64.1 Å². The van der Waals surface area contributed by atoms with Crippen LogP contribution in [0.2, 0.25) is 10.0 Å². The third kappa shape index (κ3) is 3.78. The zero-order chi connectivity index (χ0) is 22.4. The van der Waals surface area contributed by atoms with Crippen molar-refractivity contribution in [3.8, 4) is 22.5 Å². The second kappa shape index (κ2) is 8.26. The van der Waals surface area contributed by atoms with Crippen molar-refractivity contribution >= 4 is 28.8 Å². The molecule has 0 bridgehead atoms. The molecule has 9 heteroatoms. The summed E-state index contributed by atoms with van der Waals surface area (Å²) in [4.78, 5) is 16.2. The van der Waals surface area contributed by atoms with Crippen molar-refractivity contribution < 1.29 is 0 Å². The predicted octanol–water partition coefficient (Wildman–Crippen LogP) is 4.98. The third-order valence-electron chi connectivity index (χ3n) is 5.93. The molecule has 0 saturated carbocycles. The van der Waals surface area contributed by atoms with Crippen LogP contribution in [0.5, 0.6) is 0 Å². The minimum atomic E-state index is 0.579. The molecule has 0 radical (unpaired) electrons. The van der Waals surface area contributed by atoms with Crippen LogP contribution < -0.4 is 0 Å². The first-order chi connectivity index (χ1) is 16.2. The van der Waals surface area contributed by atoms with Gasteiger partial charge in [0.05, 0.1) is 35.2 Å². The molecule has 0 amide bonds. The minimum absolute atomic E-state index is 0.579. The Balaban J connectivity index is 1.48. The first kappa shape index (κ1) is 20.4. The summed E-state index contributed by atoms with van der Waals surface area (Å²) in [6.07, 6.45) is 5.52. The number of nitrogens with zero attached hydrogens (tertiary/aromatic N) is 7. The molecule has 0 unspecified atom stereocenters. The number of halogens is 2. The molecular formula is C24H19Cl2N7. The van der Waals surface area contributed by atoms with Crippen molar-refractivity contribution in [3.63, 3.8) is 0 Å². The van der Waals surface area contributed by atoms with Gasteiger partial charge in [-0.1, -0.05) is 29.3 Å². The molecule has 0 saturated heterocycles. The Morgan fingerprint density at radius 3 is 2.76 bits per heavy atom. The molecular weight excluding hydrogens is 457 g/mol.